The molecular weight excluding hydrogens is 352 g/mol. The Morgan fingerprint density at radius 3 is 2.65 bits per heavy atom. The highest BCUT2D eigenvalue weighted by Crippen LogP contribution is 2.32. The fraction of sp³-hybridized carbons (Fsp3) is 0.167. The third-order valence-corrected chi connectivity index (χ3v) is 3.97. The molecule has 7 nitrogen and oxygen atoms in total. The summed E-state index contributed by atoms with van der Waals surface area (Å²) in [4.78, 5) is 13.8. The highest BCUT2D eigenvalue weighted by molar-refractivity contribution is 7.80. The van der Waals surface area contributed by atoms with Crippen LogP contribution in [-0.4, -0.2) is 37.4 Å². The predicted molar refractivity (Wildman–Crippen MR) is 106 cm³/mol. The lowest BCUT2D eigenvalue weighted by Gasteiger charge is -2.15. The summed E-state index contributed by atoms with van der Waals surface area (Å²) < 4.78 is 10.2. The number of nitrogens with zero attached hydrogens (tertiary/aromatic N) is 2. The van der Waals surface area contributed by atoms with Gasteiger partial charge in [0.25, 0.3) is 0 Å². The Hall–Kier alpha value is -3.13. The summed E-state index contributed by atoms with van der Waals surface area (Å²) in [6.07, 6.45) is 0. The topological polar surface area (TPSA) is 79.6 Å². The Labute approximate surface area is 155 Å². The molecule has 0 aliphatic carbocycles. The third kappa shape index (κ3) is 3.45. The van der Waals surface area contributed by atoms with Gasteiger partial charge in [-0.15, -0.1) is 0 Å². The van der Waals surface area contributed by atoms with Gasteiger partial charge in [-0.25, -0.2) is 4.79 Å². The van der Waals surface area contributed by atoms with E-state index in [0.717, 1.165) is 11.1 Å². The minimum Gasteiger partial charge on any atom is -0.465 e. The Kier molecular flexibility index (Phi) is 5.04. The van der Waals surface area contributed by atoms with Gasteiger partial charge >= 0.3 is 5.97 Å². The Bertz CT molecular complexity index is 968. The molecule has 0 unspecified atom stereocenters. The van der Waals surface area contributed by atoms with Crippen LogP contribution in [0, 0.1) is 0 Å². The van der Waals surface area contributed by atoms with Crippen molar-refractivity contribution in [2.24, 2.45) is 0 Å². The average molecular weight is 370 g/mol. The van der Waals surface area contributed by atoms with Crippen LogP contribution in [0.2, 0.25) is 0 Å². The van der Waals surface area contributed by atoms with Crippen molar-refractivity contribution in [1.82, 2.24) is 5.16 Å². The highest BCUT2D eigenvalue weighted by Gasteiger charge is 2.16. The molecule has 2 N–H and O–H groups in total. The zero-order chi connectivity index (χ0) is 18.7. The van der Waals surface area contributed by atoms with Crippen molar-refractivity contribution in [3.05, 3.63) is 48.0 Å². The number of para-hydroxylation sites is 1. The van der Waals surface area contributed by atoms with Gasteiger partial charge in [0.05, 0.1) is 29.4 Å². The maximum absolute atomic E-state index is 11.9. The average Bonchev–Trinajstić information content (AvgIpc) is 3.04. The van der Waals surface area contributed by atoms with E-state index < -0.39 is 5.97 Å². The molecule has 3 aromatic rings. The van der Waals surface area contributed by atoms with E-state index in [1.807, 2.05) is 37.2 Å². The molecule has 3 rings (SSSR count). The molecule has 1 heterocycles. The lowest BCUT2D eigenvalue weighted by atomic mass is 10.2. The first-order valence-electron chi connectivity index (χ1n) is 7.82. The first-order chi connectivity index (χ1) is 12.5. The normalized spacial score (nSPS) is 10.4. The number of carbonyl (C=O) groups is 1. The number of hydrogen-bond donors (Lipinski definition) is 2. The molecular formula is C18H18N4O3S. The van der Waals surface area contributed by atoms with Crippen LogP contribution >= 0.6 is 12.2 Å². The van der Waals surface area contributed by atoms with E-state index in [2.05, 4.69) is 15.8 Å². The van der Waals surface area contributed by atoms with Crippen LogP contribution in [0.1, 0.15) is 10.4 Å². The van der Waals surface area contributed by atoms with Crippen molar-refractivity contribution in [2.45, 2.75) is 0 Å². The molecule has 0 aliphatic heterocycles. The molecule has 1 aromatic heterocycles. The van der Waals surface area contributed by atoms with Gasteiger partial charge in [-0.2, -0.15) is 0 Å². The number of methoxy groups -OCH3 is 1. The van der Waals surface area contributed by atoms with Gasteiger partial charge < -0.3 is 24.8 Å². The molecule has 0 aliphatic rings. The fourth-order valence-electron chi connectivity index (χ4n) is 2.57. The van der Waals surface area contributed by atoms with E-state index in [0.29, 0.717) is 22.7 Å². The predicted octanol–water partition coefficient (Wildman–Crippen LogP) is 3.49. The van der Waals surface area contributed by atoms with Crippen molar-refractivity contribution in [3.63, 3.8) is 0 Å². The third-order valence-electron chi connectivity index (χ3n) is 3.77. The van der Waals surface area contributed by atoms with Crippen molar-refractivity contribution >= 4 is 51.5 Å². The first kappa shape index (κ1) is 17.7. The summed E-state index contributed by atoms with van der Waals surface area (Å²) >= 11 is 5.37. The molecule has 0 saturated carbocycles. The molecule has 8 heteroatoms. The van der Waals surface area contributed by atoms with Gasteiger partial charge in [0, 0.05) is 14.1 Å². The van der Waals surface area contributed by atoms with Crippen LogP contribution in [0.15, 0.2) is 47.0 Å². The number of aromatic nitrogens is 1. The maximum Gasteiger partial charge on any atom is 0.339 e. The van der Waals surface area contributed by atoms with Crippen LogP contribution in [0.5, 0.6) is 0 Å². The number of ether oxygens (including phenoxy) is 1. The molecule has 0 saturated heterocycles. The SMILES string of the molecule is COC(=O)c1ccccc1NC(=S)Nc1noc2cccc(N(C)C)c12. The van der Waals surface area contributed by atoms with Crippen molar-refractivity contribution in [1.29, 1.82) is 0 Å². The smallest absolute Gasteiger partial charge is 0.339 e. The van der Waals surface area contributed by atoms with Gasteiger partial charge in [0.2, 0.25) is 0 Å². The molecule has 26 heavy (non-hydrogen) atoms. The van der Waals surface area contributed by atoms with Gasteiger partial charge in [0.1, 0.15) is 0 Å². The molecule has 0 fully saturated rings. The number of benzene rings is 2. The lowest BCUT2D eigenvalue weighted by Crippen LogP contribution is -2.21. The maximum atomic E-state index is 11.9. The second-order valence-corrected chi connectivity index (χ2v) is 6.10. The number of esters is 1. The molecule has 0 radical (unpaired) electrons. The second-order valence-electron chi connectivity index (χ2n) is 5.69. The molecule has 0 spiro atoms. The minimum absolute atomic E-state index is 0.283. The van der Waals surface area contributed by atoms with Crippen LogP contribution in [0.25, 0.3) is 11.0 Å². The number of anilines is 3. The molecule has 0 bridgehead atoms. The monoisotopic (exact) mass is 370 g/mol. The second kappa shape index (κ2) is 7.40. The zero-order valence-corrected chi connectivity index (χ0v) is 15.4. The van der Waals surface area contributed by atoms with E-state index in [1.165, 1.54) is 7.11 Å². The summed E-state index contributed by atoms with van der Waals surface area (Å²) in [6, 6.07) is 12.7. The van der Waals surface area contributed by atoms with E-state index in [-0.39, 0.29) is 5.11 Å². The number of carbonyl (C=O) groups excluding carboxylic acids is 1. The van der Waals surface area contributed by atoms with Crippen LogP contribution < -0.4 is 15.5 Å². The summed E-state index contributed by atoms with van der Waals surface area (Å²) in [5.74, 6) is 0.0510. The van der Waals surface area contributed by atoms with Crippen molar-refractivity contribution in [3.8, 4) is 0 Å². The van der Waals surface area contributed by atoms with Gasteiger partial charge in [-0.3, -0.25) is 0 Å². The Morgan fingerprint density at radius 1 is 1.15 bits per heavy atom. The van der Waals surface area contributed by atoms with Gasteiger partial charge in [-0.05, 0) is 36.5 Å². The van der Waals surface area contributed by atoms with Gasteiger partial charge in [-0.1, -0.05) is 23.4 Å². The number of fused-ring (bicyclic) bond motifs is 1. The largest absolute Gasteiger partial charge is 0.465 e. The number of nitrogens with one attached hydrogen (secondary N) is 2. The van der Waals surface area contributed by atoms with Crippen molar-refractivity contribution < 1.29 is 14.1 Å². The standard InChI is InChI=1S/C18H18N4O3S/c1-22(2)13-9-6-10-14-15(13)16(21-25-14)20-18(26)19-12-8-5-4-7-11(12)17(23)24-3/h4-10H,1-3H3,(H2,19,20,21,26). The van der Waals surface area contributed by atoms with E-state index >= 15 is 0 Å². The fourth-order valence-corrected chi connectivity index (χ4v) is 2.78. The van der Waals surface area contributed by atoms with Crippen LogP contribution in [0.3, 0.4) is 0 Å². The van der Waals surface area contributed by atoms with Crippen LogP contribution in [0.4, 0.5) is 17.2 Å². The summed E-state index contributed by atoms with van der Waals surface area (Å²) in [7, 11) is 5.21. The molecule has 134 valence electrons. The van der Waals surface area contributed by atoms with E-state index in [9.17, 15) is 4.79 Å². The first-order valence-corrected chi connectivity index (χ1v) is 8.23. The number of rotatable bonds is 4. The summed E-state index contributed by atoms with van der Waals surface area (Å²) in [6.45, 7) is 0. The Morgan fingerprint density at radius 2 is 1.92 bits per heavy atom. The lowest BCUT2D eigenvalue weighted by molar-refractivity contribution is 0.0602. The summed E-state index contributed by atoms with van der Waals surface area (Å²) in [5.41, 5.74) is 2.52. The Balaban J connectivity index is 1.86. The highest BCUT2D eigenvalue weighted by atomic mass is 32.1. The quantitative estimate of drug-likeness (QED) is 0.534. The van der Waals surface area contributed by atoms with Gasteiger partial charge in [0.15, 0.2) is 16.5 Å². The number of thiocarbonyl (C=S) groups is 1. The minimum atomic E-state index is -0.447. The van der Waals surface area contributed by atoms with E-state index in [1.54, 1.807) is 24.3 Å². The molecule has 0 atom stereocenters. The van der Waals surface area contributed by atoms with Crippen molar-refractivity contribution in [2.75, 3.05) is 36.7 Å². The number of hydrogen-bond acceptors (Lipinski definition) is 6. The van der Waals surface area contributed by atoms with Crippen LogP contribution in [-0.2, 0) is 4.74 Å². The summed E-state index contributed by atoms with van der Waals surface area (Å²) in [5, 5.41) is 11.2. The molecule has 2 aromatic carbocycles. The zero-order valence-electron chi connectivity index (χ0n) is 14.6. The molecule has 0 amide bonds. The van der Waals surface area contributed by atoms with E-state index in [4.69, 9.17) is 21.5 Å².